The summed E-state index contributed by atoms with van der Waals surface area (Å²) in [5, 5.41) is 6.31. The standard InChI is InChI=1S/C31H38N6O2/c38-30(34-21-26-4-2-12-33-20-26)28-5-1-3-25(19-28)23-37-17-10-29(11-18-37)35-31(39)27-8-15-36(16-9-27)22-24-6-13-32-14-7-24/h1-7,12-14,19-20,27,29H,8-11,15-18,21-23H2,(H,34,38)(H,35,39). The topological polar surface area (TPSA) is 90.5 Å². The van der Waals surface area contributed by atoms with Gasteiger partial charge >= 0.3 is 0 Å². The Morgan fingerprint density at radius 3 is 2.18 bits per heavy atom. The molecule has 3 aromatic rings. The molecule has 1 aromatic carbocycles. The fourth-order valence-electron chi connectivity index (χ4n) is 5.51. The van der Waals surface area contributed by atoms with Gasteiger partial charge in [0.1, 0.15) is 0 Å². The van der Waals surface area contributed by atoms with Gasteiger partial charge in [0, 0.05) is 75.0 Å². The van der Waals surface area contributed by atoms with Crippen molar-refractivity contribution in [3.63, 3.8) is 0 Å². The van der Waals surface area contributed by atoms with Gasteiger partial charge in [0.25, 0.3) is 5.91 Å². The molecule has 5 rings (SSSR count). The quantitative estimate of drug-likeness (QED) is 0.444. The molecule has 4 heterocycles. The van der Waals surface area contributed by atoms with E-state index in [1.54, 1.807) is 12.4 Å². The van der Waals surface area contributed by atoms with Gasteiger partial charge in [-0.2, -0.15) is 0 Å². The van der Waals surface area contributed by atoms with Crippen LogP contribution in [0.1, 0.15) is 52.7 Å². The molecular weight excluding hydrogens is 488 g/mol. The van der Waals surface area contributed by atoms with Crippen molar-refractivity contribution in [1.29, 1.82) is 0 Å². The summed E-state index contributed by atoms with van der Waals surface area (Å²) >= 11 is 0. The molecule has 2 aliphatic heterocycles. The van der Waals surface area contributed by atoms with Crippen molar-refractivity contribution < 1.29 is 9.59 Å². The van der Waals surface area contributed by atoms with Crippen LogP contribution in [0.2, 0.25) is 0 Å². The van der Waals surface area contributed by atoms with E-state index in [1.807, 2.05) is 42.7 Å². The maximum absolute atomic E-state index is 13.0. The lowest BCUT2D eigenvalue weighted by Gasteiger charge is -2.35. The van der Waals surface area contributed by atoms with Crippen LogP contribution in [0, 0.1) is 5.92 Å². The molecule has 0 spiro atoms. The zero-order valence-electron chi connectivity index (χ0n) is 22.5. The lowest BCUT2D eigenvalue weighted by molar-refractivity contribution is -0.127. The Kier molecular flexibility index (Phi) is 9.30. The number of likely N-dealkylation sites (tertiary alicyclic amines) is 2. The number of rotatable bonds is 9. The van der Waals surface area contributed by atoms with E-state index in [-0.39, 0.29) is 23.8 Å². The van der Waals surface area contributed by atoms with E-state index in [0.717, 1.165) is 76.1 Å². The molecule has 0 unspecified atom stereocenters. The maximum Gasteiger partial charge on any atom is 0.251 e. The summed E-state index contributed by atoms with van der Waals surface area (Å²) in [6, 6.07) is 16.0. The second kappa shape index (κ2) is 13.4. The van der Waals surface area contributed by atoms with Crippen LogP contribution in [-0.4, -0.2) is 63.8 Å². The zero-order chi connectivity index (χ0) is 26.9. The van der Waals surface area contributed by atoms with Gasteiger partial charge in [0.15, 0.2) is 0 Å². The normalized spacial score (nSPS) is 17.5. The number of pyridine rings is 2. The molecule has 2 fully saturated rings. The van der Waals surface area contributed by atoms with Crippen LogP contribution in [0.5, 0.6) is 0 Å². The van der Waals surface area contributed by atoms with Gasteiger partial charge in [0.2, 0.25) is 5.91 Å². The highest BCUT2D eigenvalue weighted by Crippen LogP contribution is 2.21. The molecule has 0 saturated carbocycles. The van der Waals surface area contributed by atoms with Crippen LogP contribution in [0.15, 0.2) is 73.3 Å². The summed E-state index contributed by atoms with van der Waals surface area (Å²) in [5.41, 5.74) is 4.05. The number of amides is 2. The van der Waals surface area contributed by atoms with Crippen LogP contribution < -0.4 is 10.6 Å². The Balaban J connectivity index is 1.02. The van der Waals surface area contributed by atoms with Gasteiger partial charge in [-0.05, 0) is 85.8 Å². The van der Waals surface area contributed by atoms with Crippen LogP contribution in [-0.2, 0) is 24.4 Å². The summed E-state index contributed by atoms with van der Waals surface area (Å²) in [4.78, 5) is 38.6. The predicted molar refractivity (Wildman–Crippen MR) is 151 cm³/mol. The molecular formula is C31H38N6O2. The van der Waals surface area contributed by atoms with Gasteiger partial charge in [-0.15, -0.1) is 0 Å². The van der Waals surface area contributed by atoms with E-state index in [9.17, 15) is 9.59 Å². The Morgan fingerprint density at radius 1 is 0.769 bits per heavy atom. The minimum absolute atomic E-state index is 0.0784. The first kappa shape index (κ1) is 27.0. The number of nitrogens with one attached hydrogen (secondary N) is 2. The van der Waals surface area contributed by atoms with E-state index in [2.05, 4.69) is 48.6 Å². The fraction of sp³-hybridized carbons (Fsp3) is 0.419. The third kappa shape index (κ3) is 7.94. The molecule has 2 aliphatic rings. The number of hydrogen-bond donors (Lipinski definition) is 2. The number of benzene rings is 1. The van der Waals surface area contributed by atoms with Gasteiger partial charge in [-0.25, -0.2) is 0 Å². The minimum atomic E-state index is -0.0784. The highest BCUT2D eigenvalue weighted by molar-refractivity contribution is 5.94. The van der Waals surface area contributed by atoms with Crippen molar-refractivity contribution in [1.82, 2.24) is 30.4 Å². The highest BCUT2D eigenvalue weighted by atomic mass is 16.2. The number of nitrogens with zero attached hydrogens (tertiary/aromatic N) is 4. The Labute approximate surface area is 230 Å². The monoisotopic (exact) mass is 526 g/mol. The lowest BCUT2D eigenvalue weighted by atomic mass is 9.94. The molecule has 204 valence electrons. The molecule has 2 aromatic heterocycles. The summed E-state index contributed by atoms with van der Waals surface area (Å²) in [5.74, 6) is 0.260. The van der Waals surface area contributed by atoms with Gasteiger partial charge in [0.05, 0.1) is 0 Å². The summed E-state index contributed by atoms with van der Waals surface area (Å²) < 4.78 is 0. The SMILES string of the molecule is O=C(NCc1cccnc1)c1cccc(CN2CCC(NC(=O)C3CCN(Cc4ccncc4)CC3)CC2)c1. The number of hydrogen-bond acceptors (Lipinski definition) is 6. The number of carbonyl (C=O) groups is 2. The maximum atomic E-state index is 13.0. The van der Waals surface area contributed by atoms with Crippen LogP contribution in [0.25, 0.3) is 0 Å². The summed E-state index contributed by atoms with van der Waals surface area (Å²) in [7, 11) is 0. The fourth-order valence-corrected chi connectivity index (χ4v) is 5.51. The number of aromatic nitrogens is 2. The molecule has 2 saturated heterocycles. The molecule has 2 amide bonds. The van der Waals surface area contributed by atoms with E-state index in [1.165, 1.54) is 5.56 Å². The zero-order valence-corrected chi connectivity index (χ0v) is 22.5. The van der Waals surface area contributed by atoms with Gasteiger partial charge < -0.3 is 10.6 Å². The van der Waals surface area contributed by atoms with Gasteiger partial charge in [-0.1, -0.05) is 18.2 Å². The van der Waals surface area contributed by atoms with Crippen LogP contribution in [0.4, 0.5) is 0 Å². The van der Waals surface area contributed by atoms with Crippen LogP contribution in [0.3, 0.4) is 0 Å². The van der Waals surface area contributed by atoms with Crippen molar-refractivity contribution in [2.45, 2.75) is 51.4 Å². The first-order valence-corrected chi connectivity index (χ1v) is 14.0. The molecule has 8 nitrogen and oxygen atoms in total. The number of carbonyl (C=O) groups excluding carboxylic acids is 2. The largest absolute Gasteiger partial charge is 0.353 e. The third-order valence-electron chi connectivity index (χ3n) is 7.82. The van der Waals surface area contributed by atoms with Crippen molar-refractivity contribution in [3.8, 4) is 0 Å². The second-order valence-corrected chi connectivity index (χ2v) is 10.7. The van der Waals surface area contributed by atoms with E-state index >= 15 is 0 Å². The lowest BCUT2D eigenvalue weighted by Crippen LogP contribution is -2.47. The van der Waals surface area contributed by atoms with Crippen molar-refractivity contribution in [2.24, 2.45) is 5.92 Å². The molecule has 0 bridgehead atoms. The molecule has 39 heavy (non-hydrogen) atoms. The molecule has 8 heteroatoms. The molecule has 0 atom stereocenters. The Bertz CT molecular complexity index is 1210. The summed E-state index contributed by atoms with van der Waals surface area (Å²) in [6.07, 6.45) is 10.9. The predicted octanol–water partition coefficient (Wildman–Crippen LogP) is 3.40. The highest BCUT2D eigenvalue weighted by Gasteiger charge is 2.28. The summed E-state index contributed by atoms with van der Waals surface area (Å²) in [6.45, 7) is 5.98. The number of piperidine rings is 2. The van der Waals surface area contributed by atoms with Crippen molar-refractivity contribution >= 4 is 11.8 Å². The van der Waals surface area contributed by atoms with Gasteiger partial charge in [-0.3, -0.25) is 29.4 Å². The second-order valence-electron chi connectivity index (χ2n) is 10.7. The first-order chi connectivity index (χ1) is 19.1. The van der Waals surface area contributed by atoms with Crippen molar-refractivity contribution in [3.05, 3.63) is 95.6 Å². The smallest absolute Gasteiger partial charge is 0.251 e. The van der Waals surface area contributed by atoms with E-state index < -0.39 is 0 Å². The van der Waals surface area contributed by atoms with E-state index in [0.29, 0.717) is 12.1 Å². The van der Waals surface area contributed by atoms with E-state index in [4.69, 9.17) is 0 Å². The molecule has 2 N–H and O–H groups in total. The Hall–Kier alpha value is -3.62. The minimum Gasteiger partial charge on any atom is -0.353 e. The third-order valence-corrected chi connectivity index (χ3v) is 7.82. The van der Waals surface area contributed by atoms with Crippen LogP contribution >= 0.6 is 0 Å². The average Bonchev–Trinajstić information content (AvgIpc) is 2.98. The first-order valence-electron chi connectivity index (χ1n) is 14.0. The molecule has 0 aliphatic carbocycles. The average molecular weight is 527 g/mol. The Morgan fingerprint density at radius 2 is 1.46 bits per heavy atom. The van der Waals surface area contributed by atoms with Crippen molar-refractivity contribution in [2.75, 3.05) is 26.2 Å². The molecule has 0 radical (unpaired) electrons.